The highest BCUT2D eigenvalue weighted by atomic mass is 14.9. The Balaban J connectivity index is 1.79. The van der Waals surface area contributed by atoms with Gasteiger partial charge in [-0.05, 0) is 30.0 Å². The molecule has 2 nitrogen and oxygen atoms in total. The molecule has 0 saturated heterocycles. The smallest absolute Gasteiger partial charge is 0.0526 e. The minimum atomic E-state index is 0.584. The largest absolute Gasteiger partial charge is 0.384 e. The number of nitrogens with one attached hydrogen (secondary N) is 1. The first-order chi connectivity index (χ1) is 8.36. The maximum atomic E-state index is 4.08. The van der Waals surface area contributed by atoms with Gasteiger partial charge in [0.1, 0.15) is 0 Å². The Bertz CT molecular complexity index is 425. The summed E-state index contributed by atoms with van der Waals surface area (Å²) in [6, 6.07) is 14.6. The average molecular weight is 226 g/mol. The number of pyridine rings is 1. The fourth-order valence-corrected chi connectivity index (χ4v) is 1.85. The molecule has 0 aliphatic rings. The summed E-state index contributed by atoms with van der Waals surface area (Å²) in [6.07, 6.45) is 4.77. The maximum absolute atomic E-state index is 4.08. The van der Waals surface area contributed by atoms with Crippen molar-refractivity contribution >= 4 is 5.69 Å². The first-order valence-electron chi connectivity index (χ1n) is 6.05. The molecule has 1 aromatic carbocycles. The van der Waals surface area contributed by atoms with Crippen molar-refractivity contribution in [2.24, 2.45) is 0 Å². The zero-order chi connectivity index (χ0) is 11.9. The van der Waals surface area contributed by atoms with E-state index in [2.05, 4.69) is 47.6 Å². The summed E-state index contributed by atoms with van der Waals surface area (Å²) in [6.45, 7) is 3.24. The maximum Gasteiger partial charge on any atom is 0.0526 e. The van der Waals surface area contributed by atoms with Crippen LogP contribution in [0.1, 0.15) is 24.8 Å². The lowest BCUT2D eigenvalue weighted by atomic mass is 9.98. The van der Waals surface area contributed by atoms with Gasteiger partial charge in [-0.1, -0.05) is 37.3 Å². The molecule has 0 fully saturated rings. The molecule has 1 aromatic heterocycles. The highest BCUT2D eigenvalue weighted by Gasteiger charge is 2.03. The van der Waals surface area contributed by atoms with Crippen molar-refractivity contribution in [1.29, 1.82) is 0 Å². The van der Waals surface area contributed by atoms with Gasteiger partial charge in [0.15, 0.2) is 0 Å². The van der Waals surface area contributed by atoms with E-state index < -0.39 is 0 Å². The summed E-state index contributed by atoms with van der Waals surface area (Å²) in [5.74, 6) is 0.584. The monoisotopic (exact) mass is 226 g/mol. The molecule has 0 bridgehead atoms. The lowest BCUT2D eigenvalue weighted by Gasteiger charge is -2.12. The van der Waals surface area contributed by atoms with E-state index in [4.69, 9.17) is 0 Å². The van der Waals surface area contributed by atoms with Crippen LogP contribution in [0, 0.1) is 0 Å². The molecule has 1 unspecified atom stereocenters. The van der Waals surface area contributed by atoms with Crippen molar-refractivity contribution in [2.75, 3.05) is 11.9 Å². The van der Waals surface area contributed by atoms with Gasteiger partial charge in [-0.3, -0.25) is 4.98 Å². The molecule has 2 rings (SSSR count). The molecule has 1 atom stereocenters. The van der Waals surface area contributed by atoms with Gasteiger partial charge in [0, 0.05) is 18.9 Å². The predicted molar refractivity (Wildman–Crippen MR) is 72.2 cm³/mol. The Morgan fingerprint density at radius 2 is 1.94 bits per heavy atom. The highest BCUT2D eigenvalue weighted by molar-refractivity contribution is 5.39. The lowest BCUT2D eigenvalue weighted by Crippen LogP contribution is -2.05. The van der Waals surface area contributed by atoms with Crippen LogP contribution in [0.15, 0.2) is 54.9 Å². The topological polar surface area (TPSA) is 24.9 Å². The summed E-state index contributed by atoms with van der Waals surface area (Å²) in [7, 11) is 0. The fourth-order valence-electron chi connectivity index (χ4n) is 1.85. The Kier molecular flexibility index (Phi) is 4.14. The molecular weight excluding hydrogens is 208 g/mol. The van der Waals surface area contributed by atoms with E-state index in [0.717, 1.165) is 18.7 Å². The van der Waals surface area contributed by atoms with Crippen LogP contribution in [-0.2, 0) is 0 Å². The van der Waals surface area contributed by atoms with Gasteiger partial charge in [0.25, 0.3) is 0 Å². The Hall–Kier alpha value is -1.83. The van der Waals surface area contributed by atoms with Crippen molar-refractivity contribution < 1.29 is 0 Å². The second kappa shape index (κ2) is 6.04. The minimum absolute atomic E-state index is 0.584. The minimum Gasteiger partial charge on any atom is -0.384 e. The van der Waals surface area contributed by atoms with Crippen molar-refractivity contribution in [3.63, 3.8) is 0 Å². The van der Waals surface area contributed by atoms with Crippen LogP contribution in [0.4, 0.5) is 5.69 Å². The third kappa shape index (κ3) is 3.59. The molecule has 0 amide bonds. The number of aromatic nitrogens is 1. The SMILES string of the molecule is CC(CCNc1cccnc1)c1ccccc1. The van der Waals surface area contributed by atoms with Crippen LogP contribution >= 0.6 is 0 Å². The van der Waals surface area contributed by atoms with E-state index in [-0.39, 0.29) is 0 Å². The van der Waals surface area contributed by atoms with Crippen LogP contribution in [0.25, 0.3) is 0 Å². The molecule has 0 aliphatic heterocycles. The van der Waals surface area contributed by atoms with Gasteiger partial charge in [-0.15, -0.1) is 0 Å². The molecule has 1 N–H and O–H groups in total. The van der Waals surface area contributed by atoms with Crippen molar-refractivity contribution in [1.82, 2.24) is 4.98 Å². The van der Waals surface area contributed by atoms with Crippen LogP contribution in [0.2, 0.25) is 0 Å². The molecule has 2 heteroatoms. The quantitative estimate of drug-likeness (QED) is 0.841. The molecule has 2 aromatic rings. The summed E-state index contributed by atoms with van der Waals surface area (Å²) in [5.41, 5.74) is 2.49. The summed E-state index contributed by atoms with van der Waals surface area (Å²) in [5, 5.41) is 3.38. The van der Waals surface area contributed by atoms with Crippen LogP contribution in [0.3, 0.4) is 0 Å². The van der Waals surface area contributed by atoms with Gasteiger partial charge in [-0.25, -0.2) is 0 Å². The molecule has 0 spiro atoms. The number of benzene rings is 1. The summed E-state index contributed by atoms with van der Waals surface area (Å²) < 4.78 is 0. The number of hydrogen-bond acceptors (Lipinski definition) is 2. The first-order valence-corrected chi connectivity index (χ1v) is 6.05. The number of hydrogen-bond donors (Lipinski definition) is 1. The second-order valence-corrected chi connectivity index (χ2v) is 4.27. The van der Waals surface area contributed by atoms with E-state index in [1.807, 2.05) is 18.3 Å². The van der Waals surface area contributed by atoms with Gasteiger partial charge >= 0.3 is 0 Å². The zero-order valence-corrected chi connectivity index (χ0v) is 10.1. The summed E-state index contributed by atoms with van der Waals surface area (Å²) >= 11 is 0. The molecule has 0 radical (unpaired) electrons. The van der Waals surface area contributed by atoms with E-state index in [9.17, 15) is 0 Å². The Morgan fingerprint density at radius 3 is 2.65 bits per heavy atom. The number of anilines is 1. The van der Waals surface area contributed by atoms with E-state index >= 15 is 0 Å². The number of nitrogens with zero attached hydrogens (tertiary/aromatic N) is 1. The van der Waals surface area contributed by atoms with Crippen LogP contribution in [0.5, 0.6) is 0 Å². The van der Waals surface area contributed by atoms with Gasteiger partial charge in [0.2, 0.25) is 0 Å². The van der Waals surface area contributed by atoms with Crippen LogP contribution < -0.4 is 5.32 Å². The summed E-state index contributed by atoms with van der Waals surface area (Å²) in [4.78, 5) is 4.08. The van der Waals surface area contributed by atoms with E-state index in [1.165, 1.54) is 5.56 Å². The predicted octanol–water partition coefficient (Wildman–Crippen LogP) is 3.69. The van der Waals surface area contributed by atoms with Gasteiger partial charge in [0.05, 0.1) is 5.69 Å². The molecule has 0 aliphatic carbocycles. The highest BCUT2D eigenvalue weighted by Crippen LogP contribution is 2.18. The normalized spacial score (nSPS) is 12.1. The first kappa shape index (κ1) is 11.6. The zero-order valence-electron chi connectivity index (χ0n) is 10.1. The van der Waals surface area contributed by atoms with Gasteiger partial charge in [-0.2, -0.15) is 0 Å². The van der Waals surface area contributed by atoms with Gasteiger partial charge < -0.3 is 5.32 Å². The average Bonchev–Trinajstić information content (AvgIpc) is 2.41. The second-order valence-electron chi connectivity index (χ2n) is 4.27. The molecule has 1 heterocycles. The van der Waals surface area contributed by atoms with Crippen molar-refractivity contribution in [3.8, 4) is 0 Å². The Labute approximate surface area is 103 Å². The molecule has 17 heavy (non-hydrogen) atoms. The van der Waals surface area contributed by atoms with E-state index in [1.54, 1.807) is 6.20 Å². The third-order valence-corrected chi connectivity index (χ3v) is 2.94. The molecule has 88 valence electrons. The van der Waals surface area contributed by atoms with E-state index in [0.29, 0.717) is 5.92 Å². The molecular formula is C15H18N2. The number of rotatable bonds is 5. The van der Waals surface area contributed by atoms with Crippen molar-refractivity contribution in [3.05, 3.63) is 60.4 Å². The molecule has 0 saturated carbocycles. The Morgan fingerprint density at radius 1 is 1.12 bits per heavy atom. The van der Waals surface area contributed by atoms with Crippen LogP contribution in [-0.4, -0.2) is 11.5 Å². The third-order valence-electron chi connectivity index (χ3n) is 2.94. The standard InChI is InChI=1S/C15H18N2/c1-13(14-6-3-2-4-7-14)9-11-17-15-8-5-10-16-12-15/h2-8,10,12-13,17H,9,11H2,1H3. The van der Waals surface area contributed by atoms with Crippen molar-refractivity contribution in [2.45, 2.75) is 19.3 Å². The fraction of sp³-hybridized carbons (Fsp3) is 0.267. The lowest BCUT2D eigenvalue weighted by molar-refractivity contribution is 0.706.